The highest BCUT2D eigenvalue weighted by Gasteiger charge is 2.28. The van der Waals surface area contributed by atoms with Gasteiger partial charge in [-0.15, -0.1) is 0 Å². The molecule has 0 radical (unpaired) electrons. The van der Waals surface area contributed by atoms with Crippen molar-refractivity contribution in [1.29, 1.82) is 0 Å². The molecule has 8 heteroatoms. The molecule has 1 saturated carbocycles. The average Bonchev–Trinajstić information content (AvgIpc) is 3.50. The summed E-state index contributed by atoms with van der Waals surface area (Å²) < 4.78 is 5.14. The Bertz CT molecular complexity index is 881. The lowest BCUT2D eigenvalue weighted by Gasteiger charge is -2.13. The summed E-state index contributed by atoms with van der Waals surface area (Å²) in [5, 5.41) is 17.2. The van der Waals surface area contributed by atoms with Crippen LogP contribution in [0.15, 0.2) is 48.5 Å². The standard InChI is InChI=1S/C20H21N3O5/c1-13(19(24)22-16-8-9-16)28-20(25)15-7-10-17(18(11-15)23(26)27)21-12-14-5-3-2-4-6-14/h2-7,10-11,13,16,21H,8-9,12H2,1H3,(H,22,24)/t13-/m1/s1. The molecule has 0 bridgehead atoms. The van der Waals surface area contributed by atoms with E-state index in [4.69, 9.17) is 4.74 Å². The van der Waals surface area contributed by atoms with Gasteiger partial charge in [0.15, 0.2) is 6.10 Å². The Morgan fingerprint density at radius 3 is 2.57 bits per heavy atom. The zero-order valence-corrected chi connectivity index (χ0v) is 15.4. The van der Waals surface area contributed by atoms with E-state index in [0.717, 1.165) is 24.5 Å². The number of nitro groups is 1. The number of nitro benzene ring substituents is 1. The molecule has 8 nitrogen and oxygen atoms in total. The van der Waals surface area contributed by atoms with E-state index in [2.05, 4.69) is 10.6 Å². The van der Waals surface area contributed by atoms with Crippen molar-refractivity contribution in [3.63, 3.8) is 0 Å². The summed E-state index contributed by atoms with van der Waals surface area (Å²) in [4.78, 5) is 35.0. The first-order valence-corrected chi connectivity index (χ1v) is 9.01. The Morgan fingerprint density at radius 1 is 1.21 bits per heavy atom. The Balaban J connectivity index is 1.67. The van der Waals surface area contributed by atoms with Crippen LogP contribution in [0.25, 0.3) is 0 Å². The number of ether oxygens (including phenoxy) is 1. The molecular weight excluding hydrogens is 362 g/mol. The zero-order chi connectivity index (χ0) is 20.1. The summed E-state index contributed by atoms with van der Waals surface area (Å²) in [6.07, 6.45) is 0.884. The van der Waals surface area contributed by atoms with Gasteiger partial charge in [0.1, 0.15) is 5.69 Å². The van der Waals surface area contributed by atoms with Crippen LogP contribution in [0, 0.1) is 10.1 Å². The van der Waals surface area contributed by atoms with E-state index >= 15 is 0 Å². The van der Waals surface area contributed by atoms with Gasteiger partial charge in [0.2, 0.25) is 0 Å². The van der Waals surface area contributed by atoms with E-state index < -0.39 is 17.0 Å². The monoisotopic (exact) mass is 383 g/mol. The molecule has 2 N–H and O–H groups in total. The van der Waals surface area contributed by atoms with Crippen LogP contribution in [0.3, 0.4) is 0 Å². The quantitative estimate of drug-likeness (QED) is 0.412. The molecular formula is C20H21N3O5. The number of nitrogens with zero attached hydrogens (tertiary/aromatic N) is 1. The fourth-order valence-corrected chi connectivity index (χ4v) is 2.58. The summed E-state index contributed by atoms with van der Waals surface area (Å²) in [6.45, 7) is 1.88. The number of benzene rings is 2. The molecule has 28 heavy (non-hydrogen) atoms. The van der Waals surface area contributed by atoms with Gasteiger partial charge < -0.3 is 15.4 Å². The number of rotatable bonds is 8. The number of anilines is 1. The van der Waals surface area contributed by atoms with Gasteiger partial charge in [-0.2, -0.15) is 0 Å². The predicted molar refractivity (Wildman–Crippen MR) is 103 cm³/mol. The molecule has 0 aromatic heterocycles. The van der Waals surface area contributed by atoms with Gasteiger partial charge >= 0.3 is 5.97 Å². The van der Waals surface area contributed by atoms with Gasteiger partial charge in [-0.25, -0.2) is 4.79 Å². The van der Waals surface area contributed by atoms with Gasteiger partial charge in [-0.3, -0.25) is 14.9 Å². The number of esters is 1. The first-order chi connectivity index (χ1) is 13.4. The second-order valence-electron chi connectivity index (χ2n) is 6.66. The Labute approximate surface area is 162 Å². The van der Waals surface area contributed by atoms with Crippen LogP contribution in [-0.4, -0.2) is 28.9 Å². The molecule has 0 unspecified atom stereocenters. The molecule has 0 heterocycles. The fraction of sp³-hybridized carbons (Fsp3) is 0.300. The van der Waals surface area contributed by atoms with E-state index in [-0.39, 0.29) is 23.2 Å². The van der Waals surface area contributed by atoms with E-state index in [1.807, 2.05) is 30.3 Å². The lowest BCUT2D eigenvalue weighted by molar-refractivity contribution is -0.384. The second-order valence-corrected chi connectivity index (χ2v) is 6.66. The fourth-order valence-electron chi connectivity index (χ4n) is 2.58. The topological polar surface area (TPSA) is 111 Å². The van der Waals surface area contributed by atoms with Crippen LogP contribution < -0.4 is 10.6 Å². The molecule has 1 atom stereocenters. The molecule has 0 aliphatic heterocycles. The molecule has 1 fully saturated rings. The largest absolute Gasteiger partial charge is 0.449 e. The van der Waals surface area contributed by atoms with Crippen LogP contribution >= 0.6 is 0 Å². The highest BCUT2D eigenvalue weighted by atomic mass is 16.6. The van der Waals surface area contributed by atoms with Gasteiger partial charge in [0.25, 0.3) is 11.6 Å². The maximum absolute atomic E-state index is 12.3. The molecule has 1 amide bonds. The number of hydrogen-bond acceptors (Lipinski definition) is 6. The third-order valence-corrected chi connectivity index (χ3v) is 4.33. The average molecular weight is 383 g/mol. The number of amides is 1. The molecule has 1 aliphatic rings. The van der Waals surface area contributed by atoms with Crippen molar-refractivity contribution in [2.45, 2.75) is 38.5 Å². The SMILES string of the molecule is C[C@@H](OC(=O)c1ccc(NCc2ccccc2)c([N+](=O)[O-])c1)C(=O)NC1CC1. The number of carbonyl (C=O) groups excluding carboxylic acids is 2. The van der Waals surface area contributed by atoms with Gasteiger partial charge in [-0.1, -0.05) is 30.3 Å². The second kappa shape index (κ2) is 8.51. The number of carbonyl (C=O) groups is 2. The van der Waals surface area contributed by atoms with Gasteiger partial charge in [0.05, 0.1) is 10.5 Å². The Morgan fingerprint density at radius 2 is 1.93 bits per heavy atom. The van der Waals surface area contributed by atoms with Crippen molar-refractivity contribution in [1.82, 2.24) is 5.32 Å². The lowest BCUT2D eigenvalue weighted by Crippen LogP contribution is -2.37. The number of hydrogen-bond donors (Lipinski definition) is 2. The molecule has 2 aromatic rings. The summed E-state index contributed by atoms with van der Waals surface area (Å²) in [7, 11) is 0. The summed E-state index contributed by atoms with van der Waals surface area (Å²) in [5.74, 6) is -1.15. The first kappa shape index (κ1) is 19.3. The maximum atomic E-state index is 12.3. The molecule has 3 rings (SSSR count). The van der Waals surface area contributed by atoms with Crippen LogP contribution in [-0.2, 0) is 16.1 Å². The maximum Gasteiger partial charge on any atom is 0.339 e. The van der Waals surface area contributed by atoms with Crippen molar-refractivity contribution in [3.05, 3.63) is 69.8 Å². The van der Waals surface area contributed by atoms with Gasteiger partial charge in [-0.05, 0) is 37.5 Å². The van der Waals surface area contributed by atoms with E-state index in [1.54, 1.807) is 0 Å². The molecule has 0 spiro atoms. The summed E-state index contributed by atoms with van der Waals surface area (Å²) >= 11 is 0. The molecule has 1 aliphatic carbocycles. The van der Waals surface area contributed by atoms with Crippen molar-refractivity contribution in [2.75, 3.05) is 5.32 Å². The highest BCUT2D eigenvalue weighted by Crippen LogP contribution is 2.27. The third-order valence-electron chi connectivity index (χ3n) is 4.33. The highest BCUT2D eigenvalue weighted by molar-refractivity contribution is 5.93. The normalized spacial score (nSPS) is 14.0. The smallest absolute Gasteiger partial charge is 0.339 e. The predicted octanol–water partition coefficient (Wildman–Crippen LogP) is 3.03. The van der Waals surface area contributed by atoms with E-state index in [9.17, 15) is 19.7 Å². The number of nitrogens with one attached hydrogen (secondary N) is 2. The van der Waals surface area contributed by atoms with Crippen LogP contribution in [0.5, 0.6) is 0 Å². The van der Waals surface area contributed by atoms with Crippen molar-refractivity contribution < 1.29 is 19.2 Å². The van der Waals surface area contributed by atoms with Crippen LogP contribution in [0.4, 0.5) is 11.4 Å². The van der Waals surface area contributed by atoms with Gasteiger partial charge in [0, 0.05) is 18.7 Å². The summed E-state index contributed by atoms with van der Waals surface area (Å²) in [5.41, 5.74) is 1.05. The van der Waals surface area contributed by atoms with Crippen LogP contribution in [0.1, 0.15) is 35.7 Å². The lowest BCUT2D eigenvalue weighted by atomic mass is 10.1. The van der Waals surface area contributed by atoms with Crippen molar-refractivity contribution >= 4 is 23.3 Å². The molecule has 0 saturated heterocycles. The zero-order valence-electron chi connectivity index (χ0n) is 15.4. The Kier molecular flexibility index (Phi) is 5.88. The van der Waals surface area contributed by atoms with Crippen LogP contribution in [0.2, 0.25) is 0 Å². The minimum absolute atomic E-state index is 0.0167. The van der Waals surface area contributed by atoms with E-state index in [0.29, 0.717) is 12.2 Å². The first-order valence-electron chi connectivity index (χ1n) is 9.01. The minimum Gasteiger partial charge on any atom is -0.449 e. The molecule has 2 aromatic carbocycles. The third kappa shape index (κ3) is 5.06. The van der Waals surface area contributed by atoms with Crippen molar-refractivity contribution in [3.8, 4) is 0 Å². The summed E-state index contributed by atoms with van der Waals surface area (Å²) in [6, 6.07) is 13.7. The minimum atomic E-state index is -0.969. The van der Waals surface area contributed by atoms with E-state index in [1.165, 1.54) is 19.1 Å². The van der Waals surface area contributed by atoms with Crippen molar-refractivity contribution in [2.24, 2.45) is 0 Å². The Hall–Kier alpha value is -3.42. The molecule has 146 valence electrons.